The second-order valence-electron chi connectivity index (χ2n) is 9.09. The van der Waals surface area contributed by atoms with E-state index in [1.54, 1.807) is 25.3 Å². The van der Waals surface area contributed by atoms with Crippen molar-refractivity contribution in [2.75, 3.05) is 0 Å². The van der Waals surface area contributed by atoms with Gasteiger partial charge in [-0.05, 0) is 48.5 Å². The molecule has 0 spiro atoms. The molecule has 42 heavy (non-hydrogen) atoms. The van der Waals surface area contributed by atoms with Crippen molar-refractivity contribution >= 4 is 44.1 Å². The van der Waals surface area contributed by atoms with E-state index in [0.29, 0.717) is 0 Å². The number of para-hydroxylation sites is 8. The third-order valence-electron chi connectivity index (χ3n) is 5.31. The Morgan fingerprint density at radius 3 is 0.738 bits per heavy atom. The van der Waals surface area contributed by atoms with Crippen LogP contribution >= 0.6 is 0 Å². The smallest absolute Gasteiger partial charge is 0.0931 e. The van der Waals surface area contributed by atoms with Crippen LogP contribution in [0, 0.1) is 0 Å². The first-order valence-corrected chi connectivity index (χ1v) is 14.2. The molecule has 8 rings (SSSR count). The van der Waals surface area contributed by atoms with E-state index < -0.39 is 0 Å². The van der Waals surface area contributed by atoms with Gasteiger partial charge in [0.2, 0.25) is 0 Å². The maximum atomic E-state index is 4.06. The number of rotatable bonds is 0. The molecule has 0 radical (unpaired) electrons. The molecule has 4 aromatic carbocycles. The Balaban J connectivity index is 0.000000145. The highest BCUT2D eigenvalue weighted by Gasteiger charge is 1.90. The number of aromatic amines is 4. The molecule has 4 N–H and O–H groups in total. The van der Waals surface area contributed by atoms with E-state index >= 15 is 0 Å². The van der Waals surface area contributed by atoms with Crippen molar-refractivity contribution in [2.24, 2.45) is 0 Å². The molecule has 0 amide bonds. The molecule has 0 bridgehead atoms. The molecule has 0 saturated carbocycles. The van der Waals surface area contributed by atoms with Crippen molar-refractivity contribution in [1.82, 2.24) is 39.9 Å². The molecule has 0 fully saturated rings. The quantitative estimate of drug-likeness (QED) is 0.148. The fourth-order valence-electron chi connectivity index (χ4n) is 3.52. The van der Waals surface area contributed by atoms with Gasteiger partial charge in [0, 0.05) is 0 Å². The average Bonchev–Trinajstić information content (AvgIpc) is 3.85. The number of imidazole rings is 4. The largest absolute Gasteiger partial charge is 0.345 e. The van der Waals surface area contributed by atoms with E-state index in [4.69, 9.17) is 0 Å². The highest BCUT2D eigenvalue weighted by molar-refractivity contribution is 5.75. The van der Waals surface area contributed by atoms with Crippen LogP contribution in [0.1, 0.15) is 40.5 Å². The SMILES string of the molecule is CCC.CCC.c1ccc2[nH]cnc2c1.c1ccc2[nH]cnc2c1.c1ccc2[nH]cnc2c1.c1ccc2[nH]cnc2c1. The van der Waals surface area contributed by atoms with Crippen molar-refractivity contribution in [1.29, 1.82) is 0 Å². The molecule has 0 aliphatic carbocycles. The number of aromatic nitrogens is 8. The summed E-state index contributed by atoms with van der Waals surface area (Å²) in [6.07, 6.45) is 9.30. The predicted molar refractivity (Wildman–Crippen MR) is 176 cm³/mol. The summed E-state index contributed by atoms with van der Waals surface area (Å²) in [5.41, 5.74) is 8.48. The summed E-state index contributed by atoms with van der Waals surface area (Å²) in [6.45, 7) is 8.50. The van der Waals surface area contributed by atoms with Gasteiger partial charge in [0.1, 0.15) is 0 Å². The van der Waals surface area contributed by atoms with Crippen molar-refractivity contribution in [2.45, 2.75) is 40.5 Å². The van der Waals surface area contributed by atoms with E-state index in [9.17, 15) is 0 Å². The van der Waals surface area contributed by atoms with Crippen LogP contribution in [-0.2, 0) is 0 Å². The zero-order chi connectivity index (χ0) is 29.8. The van der Waals surface area contributed by atoms with Gasteiger partial charge < -0.3 is 19.9 Å². The summed E-state index contributed by atoms with van der Waals surface area (Å²) in [7, 11) is 0. The van der Waals surface area contributed by atoms with Crippen LogP contribution in [0.25, 0.3) is 44.1 Å². The second-order valence-corrected chi connectivity index (χ2v) is 9.09. The van der Waals surface area contributed by atoms with E-state index in [-0.39, 0.29) is 0 Å². The van der Waals surface area contributed by atoms with Gasteiger partial charge in [-0.3, -0.25) is 0 Å². The number of nitrogens with one attached hydrogen (secondary N) is 4. The molecule has 8 heteroatoms. The number of hydrogen-bond donors (Lipinski definition) is 4. The van der Waals surface area contributed by atoms with Gasteiger partial charge in [-0.15, -0.1) is 0 Å². The number of hydrogen-bond acceptors (Lipinski definition) is 4. The number of benzene rings is 4. The molecule has 0 atom stereocenters. The predicted octanol–water partition coefficient (Wildman–Crippen LogP) is 9.08. The summed E-state index contributed by atoms with van der Waals surface area (Å²) >= 11 is 0. The Kier molecular flexibility index (Phi) is 13.5. The molecular formula is C34H40N8. The fraction of sp³-hybridized carbons (Fsp3) is 0.176. The van der Waals surface area contributed by atoms with Crippen molar-refractivity contribution in [3.63, 3.8) is 0 Å². The fourth-order valence-corrected chi connectivity index (χ4v) is 3.52. The highest BCUT2D eigenvalue weighted by atomic mass is 14.9. The zero-order valence-electron chi connectivity index (χ0n) is 24.8. The highest BCUT2D eigenvalue weighted by Crippen LogP contribution is 2.07. The van der Waals surface area contributed by atoms with E-state index in [0.717, 1.165) is 44.1 Å². The third-order valence-corrected chi connectivity index (χ3v) is 5.31. The lowest BCUT2D eigenvalue weighted by atomic mass is 10.3. The molecule has 0 unspecified atom stereocenters. The molecule has 0 aliphatic rings. The standard InChI is InChI=1S/4C7H6N2.2C3H8/c4*1-2-4-7-6(3-1)8-5-9-7;2*1-3-2/h4*1-5H,(H,8,9);2*3H2,1-2H3. The first-order chi connectivity index (χ1) is 20.7. The molecule has 216 valence electrons. The Bertz CT molecular complexity index is 1420. The minimum Gasteiger partial charge on any atom is -0.345 e. The van der Waals surface area contributed by atoms with Crippen LogP contribution in [-0.4, -0.2) is 39.9 Å². The zero-order valence-corrected chi connectivity index (χ0v) is 24.8. The van der Waals surface area contributed by atoms with E-state index in [2.05, 4.69) is 67.6 Å². The summed E-state index contributed by atoms with van der Waals surface area (Å²) in [6, 6.07) is 31.8. The van der Waals surface area contributed by atoms with Gasteiger partial charge in [0.05, 0.1) is 69.4 Å². The Hall–Kier alpha value is -5.24. The van der Waals surface area contributed by atoms with E-state index in [1.807, 2.05) is 97.1 Å². The van der Waals surface area contributed by atoms with Gasteiger partial charge in [0.15, 0.2) is 0 Å². The van der Waals surface area contributed by atoms with Crippen LogP contribution in [0.3, 0.4) is 0 Å². The van der Waals surface area contributed by atoms with E-state index in [1.165, 1.54) is 12.8 Å². The molecule has 0 aliphatic heterocycles. The molecular weight excluding hydrogens is 520 g/mol. The Morgan fingerprint density at radius 1 is 0.357 bits per heavy atom. The monoisotopic (exact) mass is 560 g/mol. The third kappa shape index (κ3) is 10.1. The van der Waals surface area contributed by atoms with Crippen LogP contribution in [0.2, 0.25) is 0 Å². The molecule has 4 aromatic heterocycles. The number of fused-ring (bicyclic) bond motifs is 4. The summed E-state index contributed by atoms with van der Waals surface area (Å²) in [5, 5.41) is 0. The Morgan fingerprint density at radius 2 is 0.548 bits per heavy atom. The van der Waals surface area contributed by atoms with Gasteiger partial charge in [-0.2, -0.15) is 0 Å². The first-order valence-electron chi connectivity index (χ1n) is 14.2. The van der Waals surface area contributed by atoms with Crippen molar-refractivity contribution < 1.29 is 0 Å². The minimum absolute atomic E-state index is 1.03. The lowest BCUT2D eigenvalue weighted by Gasteiger charge is -1.81. The maximum Gasteiger partial charge on any atom is 0.0931 e. The lowest BCUT2D eigenvalue weighted by molar-refractivity contribution is 1.09. The Labute approximate surface area is 246 Å². The van der Waals surface area contributed by atoms with Crippen molar-refractivity contribution in [3.05, 3.63) is 122 Å². The van der Waals surface area contributed by atoms with Gasteiger partial charge in [0.25, 0.3) is 0 Å². The maximum absolute atomic E-state index is 4.06. The van der Waals surface area contributed by atoms with Gasteiger partial charge in [-0.25, -0.2) is 19.9 Å². The van der Waals surface area contributed by atoms with Gasteiger partial charge in [-0.1, -0.05) is 89.1 Å². The van der Waals surface area contributed by atoms with Crippen molar-refractivity contribution in [3.8, 4) is 0 Å². The van der Waals surface area contributed by atoms with Gasteiger partial charge >= 0.3 is 0 Å². The molecule has 8 nitrogen and oxygen atoms in total. The molecule has 8 aromatic rings. The number of H-pyrrole nitrogens is 4. The minimum atomic E-state index is 1.03. The lowest BCUT2D eigenvalue weighted by Crippen LogP contribution is -1.63. The molecule has 4 heterocycles. The summed E-state index contributed by atoms with van der Waals surface area (Å²) in [5.74, 6) is 0. The van der Waals surface area contributed by atoms with Crippen LogP contribution in [0.5, 0.6) is 0 Å². The second kappa shape index (κ2) is 18.2. The average molecular weight is 561 g/mol. The molecule has 0 saturated heterocycles. The summed E-state index contributed by atoms with van der Waals surface area (Å²) in [4.78, 5) is 28.3. The topological polar surface area (TPSA) is 115 Å². The number of nitrogens with zero attached hydrogens (tertiary/aromatic N) is 4. The van der Waals surface area contributed by atoms with Crippen LogP contribution in [0.4, 0.5) is 0 Å². The van der Waals surface area contributed by atoms with Crippen LogP contribution < -0.4 is 0 Å². The normalized spacial score (nSPS) is 9.62. The first kappa shape index (κ1) is 31.3. The van der Waals surface area contributed by atoms with Crippen LogP contribution in [0.15, 0.2) is 122 Å². The summed E-state index contributed by atoms with van der Waals surface area (Å²) < 4.78 is 0.